The van der Waals surface area contributed by atoms with Crippen LogP contribution in [0.4, 0.5) is 0 Å². The molecule has 0 aliphatic heterocycles. The predicted molar refractivity (Wildman–Crippen MR) is 72.9 cm³/mol. The van der Waals surface area contributed by atoms with Gasteiger partial charge < -0.3 is 34.0 Å². The molecule has 2 nitrogen and oxygen atoms in total. The maximum Gasteiger partial charge on any atom is 0.169 e. The van der Waals surface area contributed by atoms with Crippen LogP contribution >= 0.6 is 0 Å². The summed E-state index contributed by atoms with van der Waals surface area (Å²) in [6.07, 6.45) is 11.0. The molecule has 0 radical (unpaired) electrons. The van der Waals surface area contributed by atoms with Crippen LogP contribution in [0.2, 0.25) is 0 Å². The van der Waals surface area contributed by atoms with Gasteiger partial charge in [-0.2, -0.15) is 0 Å². The van der Waals surface area contributed by atoms with Crippen molar-refractivity contribution in [3.8, 4) is 11.1 Å². The topological polar surface area (TPSA) is 7.76 Å². The molecule has 0 saturated carbocycles. The second-order valence-electron chi connectivity index (χ2n) is 4.65. The van der Waals surface area contributed by atoms with Crippen molar-refractivity contribution in [3.05, 3.63) is 49.1 Å². The van der Waals surface area contributed by atoms with Gasteiger partial charge in [0.25, 0.3) is 0 Å². The lowest BCUT2D eigenvalue weighted by Crippen LogP contribution is -3.00. The van der Waals surface area contributed by atoms with Gasteiger partial charge in [0.05, 0.1) is 0 Å². The quantitative estimate of drug-likeness (QED) is 0.465. The van der Waals surface area contributed by atoms with E-state index >= 15 is 0 Å². The first-order chi connectivity index (χ1) is 8.83. The van der Waals surface area contributed by atoms with E-state index in [-0.39, 0.29) is 34.0 Å². The minimum atomic E-state index is 0. The van der Waals surface area contributed by atoms with E-state index in [0.717, 1.165) is 13.1 Å². The average Bonchev–Trinajstić information content (AvgIpc) is 2.41. The molecule has 20 heavy (non-hydrogen) atoms. The van der Waals surface area contributed by atoms with Gasteiger partial charge in [-0.1, -0.05) is 13.8 Å². The zero-order chi connectivity index (χ0) is 12.8. The Bertz CT molecular complexity index is 433. The second-order valence-corrected chi connectivity index (χ2v) is 4.65. The smallest absolute Gasteiger partial charge is 0.169 e. The lowest BCUT2D eigenvalue weighted by molar-refractivity contribution is -0.697. The van der Waals surface area contributed by atoms with E-state index < -0.39 is 0 Å². The zero-order valence-corrected chi connectivity index (χ0v) is 15.3. The molecule has 110 valence electrons. The number of nitrogens with zero attached hydrogens (tertiary/aromatic N) is 2. The minimum absolute atomic E-state index is 0. The van der Waals surface area contributed by atoms with Crippen molar-refractivity contribution >= 4 is 0 Å². The highest BCUT2D eigenvalue weighted by Crippen LogP contribution is 2.15. The molecule has 2 rings (SSSR count). The Balaban J connectivity index is 0.00000180. The molecule has 0 unspecified atom stereocenters. The summed E-state index contributed by atoms with van der Waals surface area (Å²) in [7, 11) is 0. The van der Waals surface area contributed by atoms with Crippen molar-refractivity contribution in [3.63, 3.8) is 0 Å². The molecular formula is C16H22Br2N2. The maximum atomic E-state index is 2.23. The van der Waals surface area contributed by atoms with E-state index in [4.69, 9.17) is 0 Å². The van der Waals surface area contributed by atoms with Gasteiger partial charge >= 0.3 is 0 Å². The minimum Gasteiger partial charge on any atom is -1.00 e. The van der Waals surface area contributed by atoms with Gasteiger partial charge in [0.2, 0.25) is 0 Å². The van der Waals surface area contributed by atoms with E-state index in [2.05, 4.69) is 72.0 Å². The monoisotopic (exact) mass is 400 g/mol. The Labute approximate surface area is 143 Å². The fourth-order valence-electron chi connectivity index (χ4n) is 2.11. The summed E-state index contributed by atoms with van der Waals surface area (Å²) in [4.78, 5) is 0. The summed E-state index contributed by atoms with van der Waals surface area (Å²) in [5.41, 5.74) is 2.57. The van der Waals surface area contributed by atoms with E-state index in [9.17, 15) is 0 Å². The Hall–Kier alpha value is -0.740. The normalized spacial score (nSPS) is 9.50. The van der Waals surface area contributed by atoms with Crippen LogP contribution in [0.25, 0.3) is 11.1 Å². The third-order valence-electron chi connectivity index (χ3n) is 3.08. The fraction of sp³-hybridized carbons (Fsp3) is 0.375. The summed E-state index contributed by atoms with van der Waals surface area (Å²) < 4.78 is 4.45. The molecule has 2 aromatic heterocycles. The maximum absolute atomic E-state index is 2.23. The van der Waals surface area contributed by atoms with Crippen molar-refractivity contribution < 1.29 is 43.1 Å². The molecule has 0 fully saturated rings. The number of aromatic nitrogens is 2. The molecule has 0 spiro atoms. The van der Waals surface area contributed by atoms with Crippen molar-refractivity contribution in [1.29, 1.82) is 0 Å². The largest absolute Gasteiger partial charge is 1.00 e. The standard InChI is InChI=1S/C16H22N2.2BrH/c1-3-9-17-11-5-15(6-12-17)16-7-13-18(10-4-2)14-8-16;;/h5-8,11-14H,3-4,9-10H2,1-2H3;2*1H/q+2;;/p-2. The van der Waals surface area contributed by atoms with Crippen LogP contribution in [0.5, 0.6) is 0 Å². The van der Waals surface area contributed by atoms with Crippen LogP contribution in [0.1, 0.15) is 26.7 Å². The molecule has 0 atom stereocenters. The number of aryl methyl sites for hydroxylation is 2. The Morgan fingerprint density at radius 3 is 1.20 bits per heavy atom. The van der Waals surface area contributed by atoms with Crippen molar-refractivity contribution in [1.82, 2.24) is 0 Å². The first-order valence-corrected chi connectivity index (χ1v) is 6.82. The highest BCUT2D eigenvalue weighted by atomic mass is 79.9. The molecule has 0 amide bonds. The van der Waals surface area contributed by atoms with Gasteiger partial charge in [0.1, 0.15) is 13.1 Å². The Morgan fingerprint density at radius 1 is 0.650 bits per heavy atom. The summed E-state index contributed by atoms with van der Waals surface area (Å²) >= 11 is 0. The van der Waals surface area contributed by atoms with E-state index in [1.165, 1.54) is 24.0 Å². The molecule has 0 bridgehead atoms. The molecule has 2 heterocycles. The molecular weight excluding hydrogens is 380 g/mol. The number of halogens is 2. The number of hydrogen-bond acceptors (Lipinski definition) is 0. The van der Waals surface area contributed by atoms with Gasteiger partial charge in [-0.05, 0) is 11.1 Å². The van der Waals surface area contributed by atoms with Crippen LogP contribution in [-0.4, -0.2) is 0 Å². The molecule has 0 aliphatic rings. The van der Waals surface area contributed by atoms with Crippen LogP contribution in [-0.2, 0) is 13.1 Å². The molecule has 2 aromatic rings. The van der Waals surface area contributed by atoms with Crippen LogP contribution in [0, 0.1) is 0 Å². The summed E-state index contributed by atoms with van der Waals surface area (Å²) in [6, 6.07) is 8.76. The van der Waals surface area contributed by atoms with Crippen LogP contribution in [0.15, 0.2) is 49.1 Å². The molecule has 0 aliphatic carbocycles. The predicted octanol–water partition coefficient (Wildman–Crippen LogP) is -3.24. The number of hydrogen-bond donors (Lipinski definition) is 0. The van der Waals surface area contributed by atoms with Gasteiger partial charge in [0, 0.05) is 37.1 Å². The second kappa shape index (κ2) is 10.1. The third kappa shape index (κ3) is 5.33. The van der Waals surface area contributed by atoms with Gasteiger partial charge in [-0.3, -0.25) is 0 Å². The third-order valence-corrected chi connectivity index (χ3v) is 3.08. The highest BCUT2D eigenvalue weighted by molar-refractivity contribution is 5.60. The molecule has 4 heteroatoms. The molecule has 0 N–H and O–H groups in total. The van der Waals surface area contributed by atoms with Crippen LogP contribution in [0.3, 0.4) is 0 Å². The summed E-state index contributed by atoms with van der Waals surface area (Å²) in [5, 5.41) is 0. The Morgan fingerprint density at radius 2 is 0.950 bits per heavy atom. The van der Waals surface area contributed by atoms with Gasteiger partial charge in [-0.15, -0.1) is 0 Å². The van der Waals surface area contributed by atoms with Crippen molar-refractivity contribution in [2.24, 2.45) is 0 Å². The Kier molecular flexibility index (Phi) is 9.68. The van der Waals surface area contributed by atoms with E-state index in [0.29, 0.717) is 0 Å². The van der Waals surface area contributed by atoms with E-state index in [1.807, 2.05) is 0 Å². The summed E-state index contributed by atoms with van der Waals surface area (Å²) in [6.45, 7) is 6.58. The number of rotatable bonds is 5. The van der Waals surface area contributed by atoms with E-state index in [1.54, 1.807) is 0 Å². The van der Waals surface area contributed by atoms with Gasteiger partial charge in [0.15, 0.2) is 24.8 Å². The van der Waals surface area contributed by atoms with Crippen LogP contribution < -0.4 is 43.1 Å². The lowest BCUT2D eigenvalue weighted by Gasteiger charge is -2.00. The van der Waals surface area contributed by atoms with Gasteiger partial charge in [-0.25, -0.2) is 9.13 Å². The molecule has 0 saturated heterocycles. The molecule has 0 aromatic carbocycles. The lowest BCUT2D eigenvalue weighted by atomic mass is 10.1. The SMILES string of the molecule is CCC[n+]1ccc(-c2cc[n+](CCC)cc2)cc1.[Br-].[Br-]. The fourth-order valence-corrected chi connectivity index (χ4v) is 2.11. The van der Waals surface area contributed by atoms with Crippen molar-refractivity contribution in [2.75, 3.05) is 0 Å². The number of pyridine rings is 2. The summed E-state index contributed by atoms with van der Waals surface area (Å²) in [5.74, 6) is 0. The first-order valence-electron chi connectivity index (χ1n) is 6.82. The van der Waals surface area contributed by atoms with Crippen molar-refractivity contribution in [2.45, 2.75) is 39.8 Å². The average molecular weight is 402 g/mol. The zero-order valence-electron chi connectivity index (χ0n) is 12.1. The highest BCUT2D eigenvalue weighted by Gasteiger charge is 2.04. The first kappa shape index (κ1) is 19.3.